The zero-order valence-electron chi connectivity index (χ0n) is 5.78. The SMILES string of the molecule is CC(C)C[C@@H]1CCN1. The molecule has 48 valence electrons. The molecule has 1 heteroatoms. The molecule has 1 aliphatic heterocycles. The van der Waals surface area contributed by atoms with Gasteiger partial charge in [-0.05, 0) is 25.3 Å². The van der Waals surface area contributed by atoms with Gasteiger partial charge in [-0.25, -0.2) is 0 Å². The van der Waals surface area contributed by atoms with Crippen LogP contribution < -0.4 is 5.32 Å². The Morgan fingerprint density at radius 3 is 2.38 bits per heavy atom. The van der Waals surface area contributed by atoms with Crippen LogP contribution in [0.2, 0.25) is 0 Å². The zero-order chi connectivity index (χ0) is 5.98. The Balaban J connectivity index is 2.01. The van der Waals surface area contributed by atoms with Crippen LogP contribution in [0.3, 0.4) is 0 Å². The van der Waals surface area contributed by atoms with Crippen LogP contribution in [0.1, 0.15) is 26.7 Å². The van der Waals surface area contributed by atoms with Gasteiger partial charge in [0, 0.05) is 6.04 Å². The number of hydrogen-bond acceptors (Lipinski definition) is 1. The van der Waals surface area contributed by atoms with E-state index >= 15 is 0 Å². The molecule has 1 heterocycles. The van der Waals surface area contributed by atoms with Gasteiger partial charge in [0.05, 0.1) is 0 Å². The summed E-state index contributed by atoms with van der Waals surface area (Å²) in [6, 6.07) is 0.856. The average Bonchev–Trinajstić information content (AvgIpc) is 1.55. The second-order valence-corrected chi connectivity index (χ2v) is 3.07. The minimum atomic E-state index is 0.856. The van der Waals surface area contributed by atoms with Crippen molar-refractivity contribution in [2.45, 2.75) is 32.7 Å². The van der Waals surface area contributed by atoms with Gasteiger partial charge < -0.3 is 5.32 Å². The average molecular weight is 113 g/mol. The molecule has 1 rings (SSSR count). The molecule has 1 N–H and O–H groups in total. The van der Waals surface area contributed by atoms with Crippen LogP contribution in [-0.2, 0) is 0 Å². The first-order chi connectivity index (χ1) is 3.79. The van der Waals surface area contributed by atoms with Crippen molar-refractivity contribution in [3.63, 3.8) is 0 Å². The largest absolute Gasteiger partial charge is 0.314 e. The molecule has 0 saturated carbocycles. The van der Waals surface area contributed by atoms with Gasteiger partial charge in [0.25, 0.3) is 0 Å². The fourth-order valence-electron chi connectivity index (χ4n) is 1.12. The summed E-state index contributed by atoms with van der Waals surface area (Å²) in [6.45, 7) is 5.80. The second-order valence-electron chi connectivity index (χ2n) is 3.07. The smallest absolute Gasteiger partial charge is 0.00815 e. The maximum atomic E-state index is 3.38. The van der Waals surface area contributed by atoms with E-state index in [1.54, 1.807) is 0 Å². The van der Waals surface area contributed by atoms with Crippen LogP contribution >= 0.6 is 0 Å². The van der Waals surface area contributed by atoms with Crippen LogP contribution in [0, 0.1) is 5.92 Å². The van der Waals surface area contributed by atoms with Gasteiger partial charge in [0.1, 0.15) is 0 Å². The predicted molar refractivity (Wildman–Crippen MR) is 35.9 cm³/mol. The summed E-state index contributed by atoms with van der Waals surface area (Å²) < 4.78 is 0. The van der Waals surface area contributed by atoms with Gasteiger partial charge in [-0.15, -0.1) is 0 Å². The molecule has 8 heavy (non-hydrogen) atoms. The monoisotopic (exact) mass is 113 g/mol. The molecule has 1 saturated heterocycles. The molecule has 0 aromatic heterocycles. The molecule has 1 fully saturated rings. The molecule has 0 spiro atoms. The van der Waals surface area contributed by atoms with Gasteiger partial charge in [0.2, 0.25) is 0 Å². The Hall–Kier alpha value is -0.0400. The quantitative estimate of drug-likeness (QED) is 0.570. The van der Waals surface area contributed by atoms with Crippen molar-refractivity contribution in [1.82, 2.24) is 5.32 Å². The third-order valence-corrected chi connectivity index (χ3v) is 1.68. The second kappa shape index (κ2) is 2.49. The number of nitrogens with one attached hydrogen (secondary N) is 1. The highest BCUT2D eigenvalue weighted by Crippen LogP contribution is 2.12. The molecule has 1 atom stereocenters. The van der Waals surface area contributed by atoms with Gasteiger partial charge in [-0.3, -0.25) is 0 Å². The Labute approximate surface area is 51.5 Å². The Bertz CT molecular complexity index is 64.8. The van der Waals surface area contributed by atoms with Gasteiger partial charge in [0.15, 0.2) is 0 Å². The first-order valence-electron chi connectivity index (χ1n) is 3.52. The summed E-state index contributed by atoms with van der Waals surface area (Å²) in [5.41, 5.74) is 0. The third-order valence-electron chi connectivity index (χ3n) is 1.68. The molecule has 0 radical (unpaired) electrons. The van der Waals surface area contributed by atoms with Gasteiger partial charge in [-0.1, -0.05) is 13.8 Å². The molecule has 1 aliphatic rings. The van der Waals surface area contributed by atoms with Crippen molar-refractivity contribution < 1.29 is 0 Å². The molecule has 0 amide bonds. The Kier molecular flexibility index (Phi) is 1.90. The summed E-state index contributed by atoms with van der Waals surface area (Å²) in [6.07, 6.45) is 2.76. The third kappa shape index (κ3) is 1.48. The van der Waals surface area contributed by atoms with Crippen LogP contribution in [0.25, 0.3) is 0 Å². The lowest BCUT2D eigenvalue weighted by atomic mass is 9.96. The minimum absolute atomic E-state index is 0.856. The zero-order valence-corrected chi connectivity index (χ0v) is 5.78. The Morgan fingerprint density at radius 2 is 2.25 bits per heavy atom. The molecule has 0 aliphatic carbocycles. The lowest BCUT2D eigenvalue weighted by molar-refractivity contribution is 0.316. The van der Waals surface area contributed by atoms with Crippen molar-refractivity contribution in [1.29, 1.82) is 0 Å². The summed E-state index contributed by atoms with van der Waals surface area (Å²) in [7, 11) is 0. The van der Waals surface area contributed by atoms with E-state index in [9.17, 15) is 0 Å². The van der Waals surface area contributed by atoms with Crippen molar-refractivity contribution in [2.75, 3.05) is 6.54 Å². The standard InChI is InChI=1S/C7H15N/c1-6(2)5-7-3-4-8-7/h6-8H,3-5H2,1-2H3/t7-/m0/s1. The summed E-state index contributed by atoms with van der Waals surface area (Å²) in [5.74, 6) is 0.868. The molecule has 0 aromatic rings. The van der Waals surface area contributed by atoms with Crippen LogP contribution in [-0.4, -0.2) is 12.6 Å². The van der Waals surface area contributed by atoms with E-state index in [1.165, 1.54) is 19.4 Å². The molecule has 1 nitrogen and oxygen atoms in total. The lowest BCUT2D eigenvalue weighted by Gasteiger charge is -2.28. The highest BCUT2D eigenvalue weighted by molar-refractivity contribution is 4.77. The van der Waals surface area contributed by atoms with E-state index in [0.717, 1.165) is 12.0 Å². The van der Waals surface area contributed by atoms with E-state index in [-0.39, 0.29) is 0 Å². The fourth-order valence-corrected chi connectivity index (χ4v) is 1.12. The van der Waals surface area contributed by atoms with Crippen molar-refractivity contribution >= 4 is 0 Å². The fraction of sp³-hybridized carbons (Fsp3) is 1.00. The molecule has 0 aromatic carbocycles. The summed E-state index contributed by atoms with van der Waals surface area (Å²) in [4.78, 5) is 0. The number of hydrogen-bond donors (Lipinski definition) is 1. The first kappa shape index (κ1) is 6.09. The summed E-state index contributed by atoms with van der Waals surface area (Å²) in [5, 5.41) is 3.38. The van der Waals surface area contributed by atoms with Crippen LogP contribution in [0.5, 0.6) is 0 Å². The highest BCUT2D eigenvalue weighted by atomic mass is 15.0. The normalized spacial score (nSPS) is 28.1. The van der Waals surface area contributed by atoms with Crippen molar-refractivity contribution in [2.24, 2.45) is 5.92 Å². The maximum Gasteiger partial charge on any atom is 0.00815 e. The van der Waals surface area contributed by atoms with E-state index in [0.29, 0.717) is 0 Å². The Morgan fingerprint density at radius 1 is 1.62 bits per heavy atom. The van der Waals surface area contributed by atoms with E-state index in [2.05, 4.69) is 19.2 Å². The predicted octanol–water partition coefficient (Wildman–Crippen LogP) is 1.39. The van der Waals surface area contributed by atoms with E-state index in [1.807, 2.05) is 0 Å². The van der Waals surface area contributed by atoms with Crippen LogP contribution in [0.4, 0.5) is 0 Å². The highest BCUT2D eigenvalue weighted by Gasteiger charge is 2.16. The van der Waals surface area contributed by atoms with E-state index in [4.69, 9.17) is 0 Å². The molecular weight excluding hydrogens is 98.1 g/mol. The molecule has 0 unspecified atom stereocenters. The number of rotatable bonds is 2. The van der Waals surface area contributed by atoms with Crippen LogP contribution in [0.15, 0.2) is 0 Å². The topological polar surface area (TPSA) is 12.0 Å². The van der Waals surface area contributed by atoms with Gasteiger partial charge >= 0.3 is 0 Å². The minimum Gasteiger partial charge on any atom is -0.314 e. The lowest BCUT2D eigenvalue weighted by Crippen LogP contribution is -2.43. The van der Waals surface area contributed by atoms with Gasteiger partial charge in [-0.2, -0.15) is 0 Å². The molecular formula is C7H15N. The van der Waals surface area contributed by atoms with Crippen molar-refractivity contribution in [3.05, 3.63) is 0 Å². The summed E-state index contributed by atoms with van der Waals surface area (Å²) >= 11 is 0. The first-order valence-corrected chi connectivity index (χ1v) is 3.52. The van der Waals surface area contributed by atoms with E-state index < -0.39 is 0 Å². The maximum absolute atomic E-state index is 3.38. The van der Waals surface area contributed by atoms with Crippen molar-refractivity contribution in [3.8, 4) is 0 Å². The molecule has 0 bridgehead atoms.